The summed E-state index contributed by atoms with van der Waals surface area (Å²) in [5, 5.41) is 9.46. The lowest BCUT2D eigenvalue weighted by Gasteiger charge is -2.27. The molecule has 0 saturated carbocycles. The second kappa shape index (κ2) is 7.25. The number of hydrogen-bond donors (Lipinski definition) is 1. The van der Waals surface area contributed by atoms with Gasteiger partial charge in [0.2, 0.25) is 0 Å². The van der Waals surface area contributed by atoms with Gasteiger partial charge in [-0.2, -0.15) is 0 Å². The van der Waals surface area contributed by atoms with E-state index >= 15 is 0 Å². The van der Waals surface area contributed by atoms with Crippen molar-refractivity contribution in [1.29, 1.82) is 0 Å². The molecule has 2 rings (SSSR count). The van der Waals surface area contributed by atoms with E-state index in [1.165, 1.54) is 20.3 Å². The Bertz CT molecular complexity index is 777. The summed E-state index contributed by atoms with van der Waals surface area (Å²) in [5.74, 6) is -0.386. The zero-order valence-electron chi connectivity index (χ0n) is 14.5. The summed E-state index contributed by atoms with van der Waals surface area (Å²) in [5.41, 5.74) is 1.43. The number of phenols is 1. The number of aromatic hydroxyl groups is 1. The smallest absolute Gasteiger partial charge is 0.508 e. The van der Waals surface area contributed by atoms with E-state index in [1.54, 1.807) is 24.3 Å². The highest BCUT2D eigenvalue weighted by molar-refractivity contribution is 5.93. The zero-order valence-corrected chi connectivity index (χ0v) is 14.5. The quantitative estimate of drug-likeness (QED) is 0.673. The maximum absolute atomic E-state index is 12.1. The van der Waals surface area contributed by atoms with E-state index in [2.05, 4.69) is 4.74 Å². The van der Waals surface area contributed by atoms with Crippen LogP contribution in [0.5, 0.6) is 11.5 Å². The van der Waals surface area contributed by atoms with Gasteiger partial charge in [0.05, 0.1) is 14.2 Å². The Labute approximate surface area is 146 Å². The van der Waals surface area contributed by atoms with E-state index < -0.39 is 17.5 Å². The number of phenolic OH excluding ortho intramolecular Hbond substituents is 1. The van der Waals surface area contributed by atoms with Gasteiger partial charge in [0, 0.05) is 5.41 Å². The van der Waals surface area contributed by atoms with Crippen LogP contribution in [0.4, 0.5) is 4.79 Å². The minimum absolute atomic E-state index is 0.0592. The molecule has 0 fully saturated rings. The summed E-state index contributed by atoms with van der Waals surface area (Å²) in [6, 6.07) is 11.7. The van der Waals surface area contributed by atoms with Crippen LogP contribution in [0.15, 0.2) is 42.5 Å². The number of ether oxygens (including phenoxy) is 3. The van der Waals surface area contributed by atoms with Crippen molar-refractivity contribution in [2.75, 3.05) is 14.2 Å². The van der Waals surface area contributed by atoms with Crippen LogP contribution in [0.1, 0.15) is 35.3 Å². The Morgan fingerprint density at radius 3 is 2.08 bits per heavy atom. The maximum Gasteiger partial charge on any atom is 0.513 e. The minimum Gasteiger partial charge on any atom is -0.508 e. The highest BCUT2D eigenvalue weighted by atomic mass is 16.7. The average molecular weight is 344 g/mol. The van der Waals surface area contributed by atoms with Gasteiger partial charge < -0.3 is 19.3 Å². The zero-order chi connectivity index (χ0) is 18.6. The van der Waals surface area contributed by atoms with Gasteiger partial charge in [-0.1, -0.05) is 32.0 Å². The molecule has 132 valence electrons. The number of rotatable bonds is 4. The molecule has 25 heavy (non-hydrogen) atoms. The highest BCUT2D eigenvalue weighted by Gasteiger charge is 2.26. The molecule has 0 atom stereocenters. The van der Waals surface area contributed by atoms with Gasteiger partial charge in [0.15, 0.2) is 0 Å². The van der Waals surface area contributed by atoms with E-state index in [1.807, 2.05) is 26.0 Å². The summed E-state index contributed by atoms with van der Waals surface area (Å²) in [4.78, 5) is 23.4. The average Bonchev–Trinajstić information content (AvgIpc) is 2.61. The third-order valence-corrected chi connectivity index (χ3v) is 4.06. The molecule has 0 saturated heterocycles. The summed E-state index contributed by atoms with van der Waals surface area (Å²) >= 11 is 0. The van der Waals surface area contributed by atoms with Crippen LogP contribution in [-0.4, -0.2) is 31.5 Å². The van der Waals surface area contributed by atoms with Crippen molar-refractivity contribution in [2.24, 2.45) is 0 Å². The van der Waals surface area contributed by atoms with E-state index in [4.69, 9.17) is 9.47 Å². The van der Waals surface area contributed by atoms with Crippen LogP contribution in [-0.2, 0) is 14.9 Å². The number of methoxy groups -OCH3 is 2. The van der Waals surface area contributed by atoms with Crippen molar-refractivity contribution in [1.82, 2.24) is 0 Å². The Morgan fingerprint density at radius 1 is 0.920 bits per heavy atom. The molecule has 0 spiro atoms. The van der Waals surface area contributed by atoms with E-state index in [0.717, 1.165) is 11.1 Å². The van der Waals surface area contributed by atoms with Crippen molar-refractivity contribution in [3.05, 3.63) is 59.2 Å². The Morgan fingerprint density at radius 2 is 1.52 bits per heavy atom. The fourth-order valence-corrected chi connectivity index (χ4v) is 2.45. The van der Waals surface area contributed by atoms with Crippen LogP contribution in [0, 0.1) is 0 Å². The van der Waals surface area contributed by atoms with Crippen molar-refractivity contribution in [3.63, 3.8) is 0 Å². The number of carbonyl (C=O) groups is 2. The topological polar surface area (TPSA) is 82.1 Å². The van der Waals surface area contributed by atoms with E-state index in [9.17, 15) is 14.7 Å². The summed E-state index contributed by atoms with van der Waals surface area (Å²) in [6.07, 6.45) is -0.921. The molecule has 0 unspecified atom stereocenters. The fourth-order valence-electron chi connectivity index (χ4n) is 2.45. The standard InChI is InChI=1S/C19H20O6/c1-19(2,12-5-8-14(20)9-6-12)13-7-10-16(25-18(22)24-4)15(11-13)17(21)23-3/h5-11,20H,1-4H3. The monoisotopic (exact) mass is 344 g/mol. The largest absolute Gasteiger partial charge is 0.513 e. The lowest BCUT2D eigenvalue weighted by Crippen LogP contribution is -2.20. The molecular weight excluding hydrogens is 324 g/mol. The van der Waals surface area contributed by atoms with E-state index in [-0.39, 0.29) is 17.1 Å². The first-order valence-electron chi connectivity index (χ1n) is 7.57. The third-order valence-electron chi connectivity index (χ3n) is 4.06. The molecule has 0 aliphatic heterocycles. The van der Waals surface area contributed by atoms with Gasteiger partial charge >= 0.3 is 12.1 Å². The first-order chi connectivity index (χ1) is 11.8. The molecule has 6 heteroatoms. The van der Waals surface area contributed by atoms with Crippen molar-refractivity contribution >= 4 is 12.1 Å². The van der Waals surface area contributed by atoms with Crippen molar-refractivity contribution < 1.29 is 28.9 Å². The molecule has 0 radical (unpaired) electrons. The normalized spacial score (nSPS) is 10.9. The SMILES string of the molecule is COC(=O)Oc1ccc(C(C)(C)c2ccc(O)cc2)cc1C(=O)OC. The lowest BCUT2D eigenvalue weighted by atomic mass is 9.77. The predicted molar refractivity (Wildman–Crippen MR) is 91.0 cm³/mol. The fraction of sp³-hybridized carbons (Fsp3) is 0.263. The molecule has 0 amide bonds. The van der Waals surface area contributed by atoms with Crippen LogP contribution in [0.25, 0.3) is 0 Å². The summed E-state index contributed by atoms with van der Waals surface area (Å²) in [7, 11) is 2.44. The van der Waals surface area contributed by atoms with Gasteiger partial charge in [0.25, 0.3) is 0 Å². The van der Waals surface area contributed by atoms with Crippen LogP contribution in [0.3, 0.4) is 0 Å². The van der Waals surface area contributed by atoms with Crippen LogP contribution >= 0.6 is 0 Å². The molecule has 0 heterocycles. The minimum atomic E-state index is -0.921. The maximum atomic E-state index is 12.1. The first-order valence-corrected chi connectivity index (χ1v) is 7.57. The van der Waals surface area contributed by atoms with Gasteiger partial charge in [-0.3, -0.25) is 0 Å². The number of benzene rings is 2. The summed E-state index contributed by atoms with van der Waals surface area (Å²) in [6.45, 7) is 3.97. The molecule has 0 bridgehead atoms. The summed E-state index contributed by atoms with van der Waals surface area (Å²) < 4.78 is 14.3. The Kier molecular flexibility index (Phi) is 5.32. The van der Waals surface area contributed by atoms with Crippen molar-refractivity contribution in [2.45, 2.75) is 19.3 Å². The van der Waals surface area contributed by atoms with Gasteiger partial charge in [-0.05, 0) is 35.4 Å². The van der Waals surface area contributed by atoms with E-state index in [0.29, 0.717) is 0 Å². The molecule has 2 aromatic rings. The highest BCUT2D eigenvalue weighted by Crippen LogP contribution is 2.35. The molecular formula is C19H20O6. The van der Waals surface area contributed by atoms with Crippen molar-refractivity contribution in [3.8, 4) is 11.5 Å². The van der Waals surface area contributed by atoms with Crippen LogP contribution in [0.2, 0.25) is 0 Å². The molecule has 0 aliphatic rings. The lowest BCUT2D eigenvalue weighted by molar-refractivity contribution is 0.0595. The van der Waals surface area contributed by atoms with Gasteiger partial charge in [-0.15, -0.1) is 0 Å². The molecule has 2 aromatic carbocycles. The third kappa shape index (κ3) is 3.91. The second-order valence-electron chi connectivity index (χ2n) is 5.93. The molecule has 0 aliphatic carbocycles. The van der Waals surface area contributed by atoms with Gasteiger partial charge in [-0.25, -0.2) is 9.59 Å². The predicted octanol–water partition coefficient (Wildman–Crippen LogP) is 3.65. The van der Waals surface area contributed by atoms with Crippen LogP contribution < -0.4 is 4.74 Å². The number of carbonyl (C=O) groups excluding carboxylic acids is 2. The molecule has 0 aromatic heterocycles. The Hall–Kier alpha value is -3.02. The first kappa shape index (κ1) is 18.3. The molecule has 1 N–H and O–H groups in total. The van der Waals surface area contributed by atoms with Gasteiger partial charge in [0.1, 0.15) is 17.1 Å². The second-order valence-corrected chi connectivity index (χ2v) is 5.93. The molecule has 6 nitrogen and oxygen atoms in total. The number of hydrogen-bond acceptors (Lipinski definition) is 6. The Balaban J connectivity index is 2.49. The number of esters is 1.